The van der Waals surface area contributed by atoms with Gasteiger partial charge in [-0.2, -0.15) is 5.10 Å². The highest BCUT2D eigenvalue weighted by Crippen LogP contribution is 2.27. The summed E-state index contributed by atoms with van der Waals surface area (Å²) in [7, 11) is 0. The van der Waals surface area contributed by atoms with E-state index in [9.17, 15) is 0 Å². The second-order valence-corrected chi connectivity index (χ2v) is 7.84. The van der Waals surface area contributed by atoms with Gasteiger partial charge in [-0.25, -0.2) is 19.4 Å². The number of halogens is 1. The quantitative estimate of drug-likeness (QED) is 0.331. The van der Waals surface area contributed by atoms with Crippen LogP contribution in [0.25, 0.3) is 11.1 Å². The third-order valence-corrected chi connectivity index (χ3v) is 4.96. The van der Waals surface area contributed by atoms with Crippen molar-refractivity contribution < 1.29 is 4.39 Å². The molecule has 0 saturated carbocycles. The number of hydrazone groups is 1. The molecule has 0 unspecified atom stereocenters. The van der Waals surface area contributed by atoms with Gasteiger partial charge in [0.05, 0.1) is 5.70 Å². The average molecular weight is 456 g/mol. The van der Waals surface area contributed by atoms with E-state index < -0.39 is 5.82 Å². The van der Waals surface area contributed by atoms with Crippen LogP contribution in [0.15, 0.2) is 96.7 Å². The van der Waals surface area contributed by atoms with Gasteiger partial charge in [0.2, 0.25) is 0 Å². The summed E-state index contributed by atoms with van der Waals surface area (Å²) in [4.78, 5) is 8.25. The minimum absolute atomic E-state index is 0.146. The molecule has 0 bridgehead atoms. The Balaban J connectivity index is 1.76. The van der Waals surface area contributed by atoms with E-state index >= 15 is 4.39 Å². The summed E-state index contributed by atoms with van der Waals surface area (Å²) in [5.74, 6) is -0.366. The number of hydrogen-bond donors (Lipinski definition) is 1. The predicted molar refractivity (Wildman–Crippen MR) is 140 cm³/mol. The molecule has 6 heteroatoms. The van der Waals surface area contributed by atoms with E-state index in [2.05, 4.69) is 39.6 Å². The van der Waals surface area contributed by atoms with Gasteiger partial charge in [0.15, 0.2) is 11.6 Å². The maximum atomic E-state index is 15.2. The minimum atomic E-state index is -0.512. The molecule has 0 saturated heterocycles. The van der Waals surface area contributed by atoms with Gasteiger partial charge in [0.25, 0.3) is 0 Å². The lowest BCUT2D eigenvalue weighted by Crippen LogP contribution is -2.13. The van der Waals surface area contributed by atoms with E-state index in [0.29, 0.717) is 17.8 Å². The highest BCUT2D eigenvalue weighted by Gasteiger charge is 2.17. The number of anilines is 1. The van der Waals surface area contributed by atoms with Crippen molar-refractivity contribution in [3.8, 4) is 0 Å². The molecule has 0 aliphatic carbocycles. The summed E-state index contributed by atoms with van der Waals surface area (Å²) in [5.41, 5.74) is 5.67. The normalized spacial score (nSPS) is 14.2. The molecule has 2 aromatic rings. The summed E-state index contributed by atoms with van der Waals surface area (Å²) >= 11 is 0. The third-order valence-electron chi connectivity index (χ3n) is 4.96. The van der Waals surface area contributed by atoms with Gasteiger partial charge >= 0.3 is 0 Å². The van der Waals surface area contributed by atoms with E-state index in [-0.39, 0.29) is 11.5 Å². The maximum Gasteiger partial charge on any atom is 0.191 e. The molecule has 0 spiro atoms. The summed E-state index contributed by atoms with van der Waals surface area (Å²) in [6, 6.07) is 8.12. The number of allylic oxidation sites excluding steroid dienone is 8. The van der Waals surface area contributed by atoms with Gasteiger partial charge in [0, 0.05) is 24.5 Å². The zero-order valence-electron chi connectivity index (χ0n) is 19.9. The van der Waals surface area contributed by atoms with Gasteiger partial charge < -0.3 is 5.32 Å². The lowest BCUT2D eigenvalue weighted by molar-refractivity contribution is 0.515. The van der Waals surface area contributed by atoms with Crippen LogP contribution < -0.4 is 5.32 Å². The van der Waals surface area contributed by atoms with Crippen LogP contribution in [0.4, 0.5) is 10.2 Å². The minimum Gasteiger partial charge on any atom is -0.363 e. The standard InChI is InChI=1S/C28H30FN5/c1-6-8-24(16-20(3)4)23-13-10-22(11-14-23)17-30-28-26(29)27(31-19-32-28)25-12-9-21(5)34(18-25)33-15-7-2/h6,8-16,18-19H,3,5,7,17H2,1-2,4H3,(H,30,31,32)/b8-6-,24-16+,33-15-. The molecule has 1 N–H and O–H groups in total. The number of nitrogens with one attached hydrogen (secondary N) is 1. The molecular weight excluding hydrogens is 425 g/mol. The Hall–Kier alpha value is -4.06. The molecule has 1 aromatic carbocycles. The molecule has 2 heterocycles. The Labute approximate surface area is 201 Å². The highest BCUT2D eigenvalue weighted by atomic mass is 19.1. The molecule has 0 radical (unpaired) electrons. The Morgan fingerprint density at radius 2 is 1.97 bits per heavy atom. The van der Waals surface area contributed by atoms with Gasteiger partial charge in [-0.05, 0) is 49.1 Å². The van der Waals surface area contributed by atoms with Gasteiger partial charge in [0.1, 0.15) is 12.0 Å². The van der Waals surface area contributed by atoms with E-state index in [1.165, 1.54) is 6.33 Å². The lowest BCUT2D eigenvalue weighted by Gasteiger charge is -2.20. The predicted octanol–water partition coefficient (Wildman–Crippen LogP) is 6.89. The fraction of sp³-hybridized carbons (Fsp3) is 0.179. The molecule has 1 aliphatic heterocycles. The maximum absolute atomic E-state index is 15.2. The van der Waals surface area contributed by atoms with Crippen molar-refractivity contribution in [3.05, 3.63) is 114 Å². The van der Waals surface area contributed by atoms with Crippen molar-refractivity contribution in [1.82, 2.24) is 15.0 Å². The van der Waals surface area contributed by atoms with Crippen molar-refractivity contribution >= 4 is 23.2 Å². The van der Waals surface area contributed by atoms with Gasteiger partial charge in [-0.1, -0.05) is 68.1 Å². The van der Waals surface area contributed by atoms with Crippen LogP contribution in [0.3, 0.4) is 0 Å². The Morgan fingerprint density at radius 3 is 2.65 bits per heavy atom. The molecule has 1 aliphatic rings. The number of hydrogen-bond acceptors (Lipinski definition) is 5. The smallest absolute Gasteiger partial charge is 0.191 e. The summed E-state index contributed by atoms with van der Waals surface area (Å²) in [5, 5.41) is 9.02. The van der Waals surface area contributed by atoms with Crippen LogP contribution in [-0.4, -0.2) is 21.2 Å². The number of nitrogens with zero attached hydrogens (tertiary/aromatic N) is 4. The van der Waals surface area contributed by atoms with Crippen molar-refractivity contribution in [2.24, 2.45) is 5.10 Å². The first kappa shape index (κ1) is 24.6. The second-order valence-electron chi connectivity index (χ2n) is 7.84. The molecule has 0 fully saturated rings. The molecule has 174 valence electrons. The average Bonchev–Trinajstić information content (AvgIpc) is 2.83. The largest absolute Gasteiger partial charge is 0.363 e. The molecule has 1 aromatic heterocycles. The fourth-order valence-corrected chi connectivity index (χ4v) is 3.31. The fourth-order valence-electron chi connectivity index (χ4n) is 3.31. The summed E-state index contributed by atoms with van der Waals surface area (Å²) in [6.45, 7) is 14.3. The number of rotatable bonds is 9. The van der Waals surface area contributed by atoms with E-state index in [1.54, 1.807) is 29.6 Å². The highest BCUT2D eigenvalue weighted by molar-refractivity contribution is 5.76. The zero-order chi connectivity index (χ0) is 24.5. The van der Waals surface area contributed by atoms with Crippen molar-refractivity contribution in [1.29, 1.82) is 0 Å². The molecule has 5 nitrogen and oxygen atoms in total. The summed E-state index contributed by atoms with van der Waals surface area (Å²) in [6.07, 6.45) is 15.3. The van der Waals surface area contributed by atoms with Crippen LogP contribution in [0.5, 0.6) is 0 Å². The second kappa shape index (κ2) is 11.7. The lowest BCUT2D eigenvalue weighted by atomic mass is 10.0. The monoisotopic (exact) mass is 455 g/mol. The number of benzene rings is 1. The first-order chi connectivity index (χ1) is 16.4. The summed E-state index contributed by atoms with van der Waals surface area (Å²) < 4.78 is 15.2. The first-order valence-corrected chi connectivity index (χ1v) is 11.2. The van der Waals surface area contributed by atoms with Crippen LogP contribution in [0.2, 0.25) is 0 Å². The zero-order valence-corrected chi connectivity index (χ0v) is 19.9. The Bertz CT molecular complexity index is 1200. The molecular formula is C28H30FN5. The molecule has 34 heavy (non-hydrogen) atoms. The van der Waals surface area contributed by atoms with Crippen LogP contribution in [0.1, 0.15) is 44.0 Å². The molecule has 0 atom stereocenters. The van der Waals surface area contributed by atoms with Crippen molar-refractivity contribution in [2.75, 3.05) is 5.32 Å². The van der Waals surface area contributed by atoms with E-state index in [4.69, 9.17) is 0 Å². The number of aromatic nitrogens is 2. The van der Waals surface area contributed by atoms with Crippen molar-refractivity contribution in [3.63, 3.8) is 0 Å². The van der Waals surface area contributed by atoms with Crippen molar-refractivity contribution in [2.45, 2.75) is 33.7 Å². The topological polar surface area (TPSA) is 53.4 Å². The first-order valence-electron chi connectivity index (χ1n) is 11.2. The van der Waals surface area contributed by atoms with E-state index in [0.717, 1.165) is 28.7 Å². The van der Waals surface area contributed by atoms with E-state index in [1.807, 2.05) is 57.2 Å². The Morgan fingerprint density at radius 1 is 1.21 bits per heavy atom. The molecule has 0 amide bonds. The van der Waals surface area contributed by atoms with Gasteiger partial charge in [-0.15, -0.1) is 0 Å². The SMILES string of the molecule is C=C(C)/C=C(\C=C/C)c1ccc(CNc2ncnc(C3=CN(/N=C\CC)C(=C)C=C3)c2F)cc1. The van der Waals surface area contributed by atoms with Gasteiger partial charge in [-0.3, -0.25) is 0 Å². The van der Waals surface area contributed by atoms with Crippen LogP contribution in [0, 0.1) is 5.82 Å². The van der Waals surface area contributed by atoms with Crippen LogP contribution >= 0.6 is 0 Å². The van der Waals surface area contributed by atoms with Crippen LogP contribution in [-0.2, 0) is 6.54 Å². The third kappa shape index (κ3) is 6.25. The Kier molecular flexibility index (Phi) is 8.46. The molecule has 3 rings (SSSR count).